The number of benzene rings is 2. The SMILES string of the molecule is C/C(=C(/C#N)C(=O)NC[C@H]1OC[C@H](O)[C@@H](O)[C@@H]1O)c1ccc(-c2ccc3cc(N4CCCCC4)ccc3c2)o1. The van der Waals surface area contributed by atoms with Crippen molar-refractivity contribution in [1.82, 2.24) is 5.32 Å². The fourth-order valence-electron chi connectivity index (χ4n) is 5.19. The van der Waals surface area contributed by atoms with Gasteiger partial charge in [0.2, 0.25) is 0 Å². The predicted octanol–water partition coefficient (Wildman–Crippen LogP) is 2.98. The third kappa shape index (κ3) is 5.70. The van der Waals surface area contributed by atoms with E-state index in [9.17, 15) is 25.4 Å². The first-order valence-electron chi connectivity index (χ1n) is 13.3. The Morgan fingerprint density at radius 1 is 1.03 bits per heavy atom. The Hall–Kier alpha value is -3.68. The molecule has 2 fully saturated rings. The topological polar surface area (TPSA) is 139 Å². The summed E-state index contributed by atoms with van der Waals surface area (Å²) in [5.74, 6) is 0.361. The lowest BCUT2D eigenvalue weighted by Gasteiger charge is -2.35. The number of nitrogens with zero attached hydrogens (tertiary/aromatic N) is 2. The van der Waals surface area contributed by atoms with Crippen molar-refractivity contribution in [2.45, 2.75) is 50.6 Å². The number of piperidine rings is 1. The van der Waals surface area contributed by atoms with Gasteiger partial charge >= 0.3 is 0 Å². The molecule has 0 spiro atoms. The Morgan fingerprint density at radius 3 is 2.54 bits per heavy atom. The number of amides is 1. The second-order valence-electron chi connectivity index (χ2n) is 10.2. The van der Waals surface area contributed by atoms with Gasteiger partial charge in [-0.25, -0.2) is 0 Å². The molecule has 2 aliphatic heterocycles. The molecule has 1 aromatic heterocycles. The molecule has 39 heavy (non-hydrogen) atoms. The lowest BCUT2D eigenvalue weighted by Crippen LogP contribution is -2.56. The minimum atomic E-state index is -1.37. The number of hydrogen-bond acceptors (Lipinski definition) is 8. The number of carbonyl (C=O) groups is 1. The molecule has 4 N–H and O–H groups in total. The summed E-state index contributed by atoms with van der Waals surface area (Å²) in [6.07, 6.45) is -1.09. The van der Waals surface area contributed by atoms with E-state index in [4.69, 9.17) is 9.15 Å². The maximum atomic E-state index is 12.8. The van der Waals surface area contributed by atoms with Crippen LogP contribution in [0.5, 0.6) is 0 Å². The molecule has 5 rings (SSSR count). The zero-order chi connectivity index (χ0) is 27.5. The van der Waals surface area contributed by atoms with Gasteiger partial charge in [-0.15, -0.1) is 0 Å². The van der Waals surface area contributed by atoms with Gasteiger partial charge in [0, 0.05) is 36.5 Å². The van der Waals surface area contributed by atoms with Crippen LogP contribution in [0.25, 0.3) is 27.7 Å². The molecule has 0 aliphatic carbocycles. The lowest BCUT2D eigenvalue weighted by atomic mass is 10.00. The van der Waals surface area contributed by atoms with Crippen LogP contribution in [0.2, 0.25) is 0 Å². The van der Waals surface area contributed by atoms with E-state index in [2.05, 4.69) is 40.5 Å². The van der Waals surface area contributed by atoms with Gasteiger partial charge in [-0.05, 0) is 67.3 Å². The van der Waals surface area contributed by atoms with Gasteiger partial charge < -0.3 is 34.7 Å². The normalized spacial score (nSPS) is 24.2. The van der Waals surface area contributed by atoms with E-state index in [1.54, 1.807) is 13.0 Å². The minimum absolute atomic E-state index is 0.134. The van der Waals surface area contributed by atoms with E-state index in [1.807, 2.05) is 18.2 Å². The van der Waals surface area contributed by atoms with E-state index >= 15 is 0 Å². The van der Waals surface area contributed by atoms with Crippen LogP contribution in [-0.2, 0) is 9.53 Å². The van der Waals surface area contributed by atoms with Crippen molar-refractivity contribution in [3.05, 3.63) is 59.9 Å². The van der Waals surface area contributed by atoms with Crippen LogP contribution in [0.1, 0.15) is 31.9 Å². The Morgan fingerprint density at radius 2 is 1.77 bits per heavy atom. The predicted molar refractivity (Wildman–Crippen MR) is 147 cm³/mol. The van der Waals surface area contributed by atoms with Gasteiger partial charge in [0.15, 0.2) is 0 Å². The average Bonchev–Trinajstić information content (AvgIpc) is 3.46. The molecule has 9 heteroatoms. The van der Waals surface area contributed by atoms with E-state index < -0.39 is 30.3 Å². The number of aliphatic hydroxyl groups is 3. The second-order valence-corrected chi connectivity index (χ2v) is 10.2. The molecule has 1 amide bonds. The summed E-state index contributed by atoms with van der Waals surface area (Å²) in [5.41, 5.74) is 2.37. The summed E-state index contributed by atoms with van der Waals surface area (Å²) >= 11 is 0. The van der Waals surface area contributed by atoms with Crippen molar-refractivity contribution in [2.75, 3.05) is 31.1 Å². The van der Waals surface area contributed by atoms with Crippen molar-refractivity contribution in [3.8, 4) is 17.4 Å². The number of nitriles is 1. The van der Waals surface area contributed by atoms with E-state index in [0.717, 1.165) is 29.4 Å². The molecule has 2 aromatic carbocycles. The van der Waals surface area contributed by atoms with Crippen LogP contribution >= 0.6 is 0 Å². The monoisotopic (exact) mass is 531 g/mol. The zero-order valence-electron chi connectivity index (χ0n) is 21.8. The summed E-state index contributed by atoms with van der Waals surface area (Å²) < 4.78 is 11.4. The highest BCUT2D eigenvalue weighted by atomic mass is 16.5. The van der Waals surface area contributed by atoms with Crippen molar-refractivity contribution in [2.24, 2.45) is 0 Å². The number of fused-ring (bicyclic) bond motifs is 1. The summed E-state index contributed by atoms with van der Waals surface area (Å²) in [6, 6.07) is 18.1. The van der Waals surface area contributed by atoms with Crippen molar-refractivity contribution in [1.29, 1.82) is 5.26 Å². The summed E-state index contributed by atoms with van der Waals surface area (Å²) in [7, 11) is 0. The van der Waals surface area contributed by atoms with E-state index in [1.165, 1.54) is 24.9 Å². The maximum Gasteiger partial charge on any atom is 0.262 e. The third-order valence-electron chi connectivity index (χ3n) is 7.59. The third-order valence-corrected chi connectivity index (χ3v) is 7.59. The number of allylic oxidation sites excluding steroid dienone is 1. The smallest absolute Gasteiger partial charge is 0.262 e. The quantitative estimate of drug-likeness (QED) is 0.281. The molecule has 0 bridgehead atoms. The van der Waals surface area contributed by atoms with Gasteiger partial charge in [-0.2, -0.15) is 5.26 Å². The molecule has 0 radical (unpaired) electrons. The van der Waals surface area contributed by atoms with E-state index in [0.29, 0.717) is 17.1 Å². The van der Waals surface area contributed by atoms with Crippen LogP contribution in [0.15, 0.2) is 58.5 Å². The Labute approximate surface area is 226 Å². The van der Waals surface area contributed by atoms with E-state index in [-0.39, 0.29) is 18.7 Å². The number of hydrogen-bond donors (Lipinski definition) is 4. The van der Waals surface area contributed by atoms with Crippen molar-refractivity contribution < 1.29 is 29.3 Å². The molecule has 0 saturated carbocycles. The largest absolute Gasteiger partial charge is 0.456 e. The number of rotatable bonds is 6. The van der Waals surface area contributed by atoms with Crippen LogP contribution in [0.4, 0.5) is 5.69 Å². The van der Waals surface area contributed by atoms with Crippen LogP contribution < -0.4 is 10.2 Å². The molecule has 4 atom stereocenters. The minimum Gasteiger partial charge on any atom is -0.456 e. The van der Waals surface area contributed by atoms with Gasteiger partial charge in [-0.1, -0.05) is 18.2 Å². The van der Waals surface area contributed by atoms with Crippen LogP contribution in [-0.4, -0.2) is 71.9 Å². The summed E-state index contributed by atoms with van der Waals surface area (Å²) in [4.78, 5) is 15.2. The average molecular weight is 532 g/mol. The van der Waals surface area contributed by atoms with Gasteiger partial charge in [-0.3, -0.25) is 4.79 Å². The standard InChI is InChI=1S/C30H33N3O6/c1-18(23(15-31)30(37)32-16-27-29(36)28(35)24(34)17-38-27)25-9-10-26(39-25)21-6-5-20-14-22(8-7-19(20)13-21)33-11-3-2-4-12-33/h5-10,13-14,24,27-29,34-36H,2-4,11-12,16-17H2,1H3,(H,32,37)/b23-18+/t24-,27+,28+,29+/m0/s1. The molecule has 9 nitrogen and oxygen atoms in total. The van der Waals surface area contributed by atoms with Crippen molar-refractivity contribution >= 4 is 27.9 Å². The first-order chi connectivity index (χ1) is 18.9. The molecule has 3 aromatic rings. The Bertz CT molecular complexity index is 1420. The highest BCUT2D eigenvalue weighted by molar-refractivity contribution is 6.04. The maximum absolute atomic E-state index is 12.8. The Balaban J connectivity index is 1.30. The summed E-state index contributed by atoms with van der Waals surface area (Å²) in [6.45, 7) is 3.52. The number of aliphatic hydroxyl groups excluding tert-OH is 3. The highest BCUT2D eigenvalue weighted by Crippen LogP contribution is 2.31. The number of furan rings is 1. The van der Waals surface area contributed by atoms with Gasteiger partial charge in [0.05, 0.1) is 6.61 Å². The van der Waals surface area contributed by atoms with Crippen LogP contribution in [0.3, 0.4) is 0 Å². The number of ether oxygens (including phenoxy) is 1. The fourth-order valence-corrected chi connectivity index (χ4v) is 5.19. The van der Waals surface area contributed by atoms with Gasteiger partial charge in [0.1, 0.15) is 47.6 Å². The fraction of sp³-hybridized carbons (Fsp3) is 0.400. The molecule has 3 heterocycles. The molecule has 204 valence electrons. The molecular weight excluding hydrogens is 498 g/mol. The molecule has 2 saturated heterocycles. The van der Waals surface area contributed by atoms with Gasteiger partial charge in [0.25, 0.3) is 5.91 Å². The van der Waals surface area contributed by atoms with Crippen LogP contribution in [0, 0.1) is 11.3 Å². The number of nitrogens with one attached hydrogen (secondary N) is 1. The lowest BCUT2D eigenvalue weighted by molar-refractivity contribution is -0.185. The first kappa shape index (κ1) is 26.9. The number of anilines is 1. The highest BCUT2D eigenvalue weighted by Gasteiger charge is 2.37. The zero-order valence-corrected chi connectivity index (χ0v) is 21.8. The summed E-state index contributed by atoms with van der Waals surface area (Å²) in [5, 5.41) is 44.0. The molecule has 0 unspecified atom stereocenters. The van der Waals surface area contributed by atoms with Crippen molar-refractivity contribution in [3.63, 3.8) is 0 Å². The molecule has 2 aliphatic rings. The molecular formula is C30H33N3O6. The Kier molecular flexibility index (Phi) is 8.00. The second kappa shape index (κ2) is 11.6. The number of carbonyl (C=O) groups excluding carboxylic acids is 1. The first-order valence-corrected chi connectivity index (χ1v) is 13.3.